The zero-order valence-electron chi connectivity index (χ0n) is 33.2. The number of hydrogen-bond acceptors (Lipinski definition) is 9. The SMILES string of the molecule is CO[C@H]([C@@H](C)C(=O)CS(=O)(=O)c1ccc(N)cc1)[C@@H]1CCCN1C(=O)/C(C)=C/[C@H](C(C)C)N(C)C(=O)[C@@H](CC(=O)[C@H](C(C)C)N(C)C)C(C)(C)C. The molecule has 51 heavy (non-hydrogen) atoms. The van der Waals surface area contributed by atoms with E-state index in [1.807, 2.05) is 73.5 Å². The van der Waals surface area contributed by atoms with Crippen LogP contribution in [0.25, 0.3) is 0 Å². The van der Waals surface area contributed by atoms with Crippen LogP contribution in [0.15, 0.2) is 40.8 Å². The number of hydrogen-bond donors (Lipinski definition) is 1. The molecule has 6 atom stereocenters. The average molecular weight is 733 g/mol. The summed E-state index contributed by atoms with van der Waals surface area (Å²) >= 11 is 0. The largest absolute Gasteiger partial charge is 0.399 e. The first-order valence-electron chi connectivity index (χ1n) is 18.0. The Morgan fingerprint density at radius 3 is 2.02 bits per heavy atom. The van der Waals surface area contributed by atoms with E-state index in [4.69, 9.17) is 10.5 Å². The van der Waals surface area contributed by atoms with Crippen LogP contribution < -0.4 is 5.73 Å². The number of likely N-dealkylation sites (tertiary alicyclic amines) is 1. The Balaban J connectivity index is 2.32. The maximum atomic E-state index is 14.2. The Kier molecular flexibility index (Phi) is 15.6. The molecule has 1 aliphatic rings. The van der Waals surface area contributed by atoms with Gasteiger partial charge >= 0.3 is 0 Å². The van der Waals surface area contributed by atoms with Crippen molar-refractivity contribution < 1.29 is 32.3 Å². The third kappa shape index (κ3) is 11.2. The maximum absolute atomic E-state index is 14.2. The summed E-state index contributed by atoms with van der Waals surface area (Å²) in [6.45, 7) is 17.8. The molecule has 2 N–H and O–H groups in total. The topological polar surface area (TPSA) is 147 Å². The predicted molar refractivity (Wildman–Crippen MR) is 203 cm³/mol. The minimum Gasteiger partial charge on any atom is -0.399 e. The van der Waals surface area contributed by atoms with E-state index in [1.165, 1.54) is 31.4 Å². The van der Waals surface area contributed by atoms with Gasteiger partial charge in [0.15, 0.2) is 21.4 Å². The Bertz CT molecular complexity index is 1500. The lowest BCUT2D eigenvalue weighted by atomic mass is 9.75. The van der Waals surface area contributed by atoms with Gasteiger partial charge in [-0.2, -0.15) is 0 Å². The fraction of sp³-hybridized carbons (Fsp3) is 0.692. The number of methoxy groups -OCH3 is 1. The van der Waals surface area contributed by atoms with E-state index in [9.17, 15) is 27.6 Å². The lowest BCUT2D eigenvalue weighted by Crippen LogP contribution is -2.49. The van der Waals surface area contributed by atoms with Crippen LogP contribution in [0, 0.1) is 29.1 Å². The van der Waals surface area contributed by atoms with Crippen molar-refractivity contribution in [2.45, 2.75) is 111 Å². The van der Waals surface area contributed by atoms with Gasteiger partial charge in [-0.05, 0) is 75.4 Å². The second-order valence-corrected chi connectivity index (χ2v) is 18.3. The number of rotatable bonds is 17. The number of Topliss-reactive ketones (excluding diaryl/α,β-unsaturated/α-hetero) is 2. The third-order valence-corrected chi connectivity index (χ3v) is 11.9. The van der Waals surface area contributed by atoms with Gasteiger partial charge in [-0.1, -0.05) is 61.5 Å². The van der Waals surface area contributed by atoms with Crippen LogP contribution in [-0.4, -0.2) is 111 Å². The molecule has 0 saturated carbocycles. The lowest BCUT2D eigenvalue weighted by molar-refractivity contribution is -0.143. The Labute approximate surface area is 307 Å². The number of ether oxygens (including phenoxy) is 1. The first kappa shape index (κ1) is 44.1. The van der Waals surface area contributed by atoms with Crippen LogP contribution in [0.4, 0.5) is 5.69 Å². The quantitative estimate of drug-likeness (QED) is 0.175. The van der Waals surface area contributed by atoms with E-state index in [1.54, 1.807) is 30.7 Å². The Morgan fingerprint density at radius 2 is 1.55 bits per heavy atom. The van der Waals surface area contributed by atoms with Crippen molar-refractivity contribution in [3.63, 3.8) is 0 Å². The summed E-state index contributed by atoms with van der Waals surface area (Å²) in [7, 11) is 3.07. The fourth-order valence-electron chi connectivity index (χ4n) is 7.38. The van der Waals surface area contributed by atoms with Gasteiger partial charge < -0.3 is 20.3 Å². The summed E-state index contributed by atoms with van der Waals surface area (Å²) < 4.78 is 31.9. The van der Waals surface area contributed by atoms with Crippen molar-refractivity contribution in [2.75, 3.05) is 46.3 Å². The van der Waals surface area contributed by atoms with Crippen molar-refractivity contribution >= 4 is 38.9 Å². The molecule has 11 nitrogen and oxygen atoms in total. The standard InChI is InChI=1S/C39H64N4O7S/c1-24(2)32(42(12)38(47)30(39(7,8)9)22-33(44)35(25(3)4)41(10)11)21-26(5)37(46)43-20-14-15-31(43)36(50-13)27(6)34(45)23-51(48,49)29-18-16-28(40)17-19-29/h16-19,21,24-25,27,30-32,35-36H,14-15,20,22-23,40H2,1-13H3/b26-21+/t27-,30+,31-,32+,35-,36+/m0/s1. The van der Waals surface area contributed by atoms with Gasteiger partial charge in [-0.15, -0.1) is 0 Å². The van der Waals surface area contributed by atoms with Gasteiger partial charge in [0.25, 0.3) is 0 Å². The average Bonchev–Trinajstić information content (AvgIpc) is 3.50. The first-order valence-corrected chi connectivity index (χ1v) is 19.7. The molecule has 2 rings (SSSR count). The van der Waals surface area contributed by atoms with Gasteiger partial charge in [-0.3, -0.25) is 24.1 Å². The molecule has 0 unspecified atom stereocenters. The molecule has 1 saturated heterocycles. The van der Waals surface area contributed by atoms with Gasteiger partial charge in [-0.25, -0.2) is 8.42 Å². The second kappa shape index (κ2) is 18.1. The summed E-state index contributed by atoms with van der Waals surface area (Å²) in [6.07, 6.45) is 2.52. The van der Waals surface area contributed by atoms with Crippen molar-refractivity contribution in [3.05, 3.63) is 35.9 Å². The highest BCUT2D eigenvalue weighted by Crippen LogP contribution is 2.34. The minimum atomic E-state index is -3.90. The van der Waals surface area contributed by atoms with E-state index in [0.29, 0.717) is 30.6 Å². The number of sulfone groups is 1. The monoisotopic (exact) mass is 732 g/mol. The van der Waals surface area contributed by atoms with Crippen LogP contribution in [0.5, 0.6) is 0 Å². The highest BCUT2D eigenvalue weighted by molar-refractivity contribution is 7.92. The number of benzene rings is 1. The number of nitrogens with zero attached hydrogens (tertiary/aromatic N) is 3. The van der Waals surface area contributed by atoms with Crippen LogP contribution in [0.3, 0.4) is 0 Å². The summed E-state index contributed by atoms with van der Waals surface area (Å²) in [6, 6.07) is 4.56. The predicted octanol–water partition coefficient (Wildman–Crippen LogP) is 4.89. The molecule has 0 spiro atoms. The molecule has 0 radical (unpaired) electrons. The Morgan fingerprint density at radius 1 is 0.980 bits per heavy atom. The summed E-state index contributed by atoms with van der Waals surface area (Å²) in [5, 5.41) is 0. The molecular formula is C39H64N4O7S. The molecule has 1 aromatic carbocycles. The van der Waals surface area contributed by atoms with Gasteiger partial charge in [0.1, 0.15) is 5.75 Å². The van der Waals surface area contributed by atoms with Crippen molar-refractivity contribution in [1.29, 1.82) is 0 Å². The molecule has 1 fully saturated rings. The molecular weight excluding hydrogens is 669 g/mol. The molecule has 288 valence electrons. The summed E-state index contributed by atoms with van der Waals surface area (Å²) in [4.78, 5) is 60.5. The van der Waals surface area contributed by atoms with E-state index in [-0.39, 0.29) is 46.8 Å². The number of nitrogen functional groups attached to an aromatic ring is 1. The van der Waals surface area contributed by atoms with Crippen LogP contribution >= 0.6 is 0 Å². The third-order valence-electron chi connectivity index (χ3n) is 10.3. The zero-order valence-corrected chi connectivity index (χ0v) is 34.0. The highest BCUT2D eigenvalue weighted by atomic mass is 32.2. The van der Waals surface area contributed by atoms with E-state index in [0.717, 1.165) is 0 Å². The maximum Gasteiger partial charge on any atom is 0.249 e. The lowest BCUT2D eigenvalue weighted by Gasteiger charge is -2.38. The summed E-state index contributed by atoms with van der Waals surface area (Å²) in [5.41, 5.74) is 6.09. The fourth-order valence-corrected chi connectivity index (χ4v) is 8.74. The van der Waals surface area contributed by atoms with E-state index < -0.39 is 56.8 Å². The van der Waals surface area contributed by atoms with Crippen molar-refractivity contribution in [2.24, 2.45) is 29.1 Å². The van der Waals surface area contributed by atoms with Crippen molar-refractivity contribution in [1.82, 2.24) is 14.7 Å². The molecule has 0 bridgehead atoms. The Hall–Kier alpha value is -3.09. The molecule has 1 aromatic rings. The molecule has 1 aliphatic heterocycles. The van der Waals surface area contributed by atoms with Gasteiger partial charge in [0.05, 0.1) is 29.1 Å². The first-order chi connectivity index (χ1) is 23.5. The molecule has 0 aliphatic carbocycles. The van der Waals surface area contributed by atoms with Gasteiger partial charge in [0, 0.05) is 50.2 Å². The number of anilines is 1. The molecule has 1 heterocycles. The number of amides is 2. The molecule has 0 aromatic heterocycles. The highest BCUT2D eigenvalue weighted by Gasteiger charge is 2.42. The normalized spacial score (nSPS) is 18.9. The van der Waals surface area contributed by atoms with Crippen molar-refractivity contribution in [3.8, 4) is 0 Å². The number of likely N-dealkylation sites (N-methyl/N-ethyl adjacent to an activating group) is 2. The molecule has 2 amide bonds. The minimum absolute atomic E-state index is 0.0153. The smallest absolute Gasteiger partial charge is 0.249 e. The van der Waals surface area contributed by atoms with E-state index >= 15 is 0 Å². The van der Waals surface area contributed by atoms with Crippen LogP contribution in [-0.2, 0) is 33.8 Å². The summed E-state index contributed by atoms with van der Waals surface area (Å²) in [5.74, 6) is -2.83. The van der Waals surface area contributed by atoms with Crippen LogP contribution in [0.2, 0.25) is 0 Å². The number of carbonyl (C=O) groups excluding carboxylic acids is 4. The van der Waals surface area contributed by atoms with Gasteiger partial charge in [0.2, 0.25) is 11.8 Å². The number of nitrogens with two attached hydrogens (primary N) is 1. The number of ketones is 2. The van der Waals surface area contributed by atoms with Crippen LogP contribution in [0.1, 0.15) is 81.6 Å². The molecule has 12 heteroatoms. The zero-order chi connectivity index (χ0) is 39.2. The van der Waals surface area contributed by atoms with E-state index in [2.05, 4.69) is 0 Å². The number of carbonyl (C=O) groups is 4. The second-order valence-electron chi connectivity index (χ2n) is 16.3.